The van der Waals surface area contributed by atoms with E-state index < -0.39 is 0 Å². The average molecular weight is 351 g/mol. The van der Waals surface area contributed by atoms with Gasteiger partial charge in [-0.15, -0.1) is 6.58 Å². The first-order valence-electron chi connectivity index (χ1n) is 10.2. The Morgan fingerprint density at radius 2 is 1.85 bits per heavy atom. The molecular weight excluding hydrogens is 324 g/mol. The molecule has 0 saturated heterocycles. The van der Waals surface area contributed by atoms with E-state index in [2.05, 4.69) is 85.5 Å². The van der Waals surface area contributed by atoms with Crippen molar-refractivity contribution in [3.8, 4) is 11.1 Å². The molecule has 5 rings (SSSR count). The first-order valence-corrected chi connectivity index (χ1v) is 10.2. The van der Waals surface area contributed by atoms with Crippen LogP contribution in [0.15, 0.2) is 91.1 Å². The first kappa shape index (κ1) is 16.6. The van der Waals surface area contributed by atoms with Crippen LogP contribution in [0.2, 0.25) is 0 Å². The Labute approximate surface area is 162 Å². The fourth-order valence-corrected chi connectivity index (χ4v) is 5.42. The summed E-state index contributed by atoms with van der Waals surface area (Å²) in [6, 6.07) is 15.8. The third-order valence-electron chi connectivity index (χ3n) is 6.59. The summed E-state index contributed by atoms with van der Waals surface area (Å²) in [6.07, 6.45) is 18.6. The van der Waals surface area contributed by atoms with Crippen LogP contribution in [0.1, 0.15) is 54.2 Å². The lowest BCUT2D eigenvalue weighted by molar-refractivity contribution is 0.420. The Hall–Kier alpha value is -2.60. The summed E-state index contributed by atoms with van der Waals surface area (Å²) >= 11 is 0. The minimum absolute atomic E-state index is 0.309. The molecule has 0 amide bonds. The molecule has 0 aromatic heterocycles. The highest BCUT2D eigenvalue weighted by atomic mass is 14.4. The summed E-state index contributed by atoms with van der Waals surface area (Å²) in [5.41, 5.74) is 8.83. The lowest BCUT2D eigenvalue weighted by atomic mass is 9.72. The smallest absolute Gasteiger partial charge is 0.0282 e. The second-order valence-electron chi connectivity index (χ2n) is 8.01. The SMILES string of the molecule is C=CC1c2ccccc2-c2cccc(C(C3=CC=CC3)C3CC=CCC3)c21. The maximum absolute atomic E-state index is 4.21. The van der Waals surface area contributed by atoms with Gasteiger partial charge in [0.15, 0.2) is 0 Å². The topological polar surface area (TPSA) is 0 Å². The summed E-state index contributed by atoms with van der Waals surface area (Å²) in [6.45, 7) is 4.21. The molecule has 3 aliphatic carbocycles. The van der Waals surface area contributed by atoms with Crippen LogP contribution in [0.4, 0.5) is 0 Å². The van der Waals surface area contributed by atoms with Gasteiger partial charge in [-0.25, -0.2) is 0 Å². The zero-order chi connectivity index (χ0) is 18.2. The average Bonchev–Trinajstić information content (AvgIpc) is 3.36. The molecular formula is C27H26. The van der Waals surface area contributed by atoms with Gasteiger partial charge in [0.2, 0.25) is 0 Å². The van der Waals surface area contributed by atoms with Crippen LogP contribution >= 0.6 is 0 Å². The summed E-state index contributed by atoms with van der Waals surface area (Å²) in [5.74, 6) is 1.52. The zero-order valence-electron chi connectivity index (χ0n) is 15.8. The van der Waals surface area contributed by atoms with Gasteiger partial charge in [-0.05, 0) is 59.4 Å². The van der Waals surface area contributed by atoms with Crippen molar-refractivity contribution in [2.75, 3.05) is 0 Å². The van der Waals surface area contributed by atoms with E-state index in [4.69, 9.17) is 0 Å². The Bertz CT molecular complexity index is 969. The first-order chi connectivity index (χ1) is 13.4. The van der Waals surface area contributed by atoms with E-state index in [0.29, 0.717) is 17.8 Å². The fraction of sp³-hybridized carbons (Fsp3) is 0.259. The summed E-state index contributed by atoms with van der Waals surface area (Å²) in [4.78, 5) is 0. The highest BCUT2D eigenvalue weighted by Crippen LogP contribution is 2.51. The molecule has 0 radical (unpaired) electrons. The van der Waals surface area contributed by atoms with Crippen LogP contribution < -0.4 is 0 Å². The molecule has 0 heteroatoms. The van der Waals surface area contributed by atoms with Crippen molar-refractivity contribution in [3.05, 3.63) is 108 Å². The van der Waals surface area contributed by atoms with E-state index in [-0.39, 0.29) is 0 Å². The highest BCUT2D eigenvalue weighted by molar-refractivity contribution is 5.81. The standard InChI is InChI=1S/C27H26/c1-2-21-22-15-8-9-16-23(22)24-17-10-18-25(27(21)24)26(20-13-6-7-14-20)19-11-4-3-5-12-19/h2-4,6-10,13,15-19,21,26H,1,5,11-12,14H2. The van der Waals surface area contributed by atoms with Gasteiger partial charge in [-0.3, -0.25) is 0 Å². The minimum atomic E-state index is 0.309. The Morgan fingerprint density at radius 1 is 0.963 bits per heavy atom. The van der Waals surface area contributed by atoms with Crippen molar-refractivity contribution >= 4 is 0 Å². The van der Waals surface area contributed by atoms with Gasteiger partial charge < -0.3 is 0 Å². The highest BCUT2D eigenvalue weighted by Gasteiger charge is 2.34. The van der Waals surface area contributed by atoms with Crippen molar-refractivity contribution in [2.24, 2.45) is 5.92 Å². The molecule has 27 heavy (non-hydrogen) atoms. The number of benzene rings is 2. The Balaban J connectivity index is 1.68. The Kier molecular flexibility index (Phi) is 4.20. The lowest BCUT2D eigenvalue weighted by Gasteiger charge is -2.32. The van der Waals surface area contributed by atoms with Crippen molar-refractivity contribution in [2.45, 2.75) is 37.5 Å². The molecule has 134 valence electrons. The molecule has 3 unspecified atom stereocenters. The predicted molar refractivity (Wildman–Crippen MR) is 115 cm³/mol. The number of hydrogen-bond donors (Lipinski definition) is 0. The van der Waals surface area contributed by atoms with Crippen LogP contribution in [0, 0.1) is 5.92 Å². The number of hydrogen-bond acceptors (Lipinski definition) is 0. The van der Waals surface area contributed by atoms with Gasteiger partial charge in [0.1, 0.15) is 0 Å². The number of allylic oxidation sites excluding steroid dienone is 7. The monoisotopic (exact) mass is 350 g/mol. The molecule has 2 aromatic rings. The van der Waals surface area contributed by atoms with Crippen molar-refractivity contribution in [1.29, 1.82) is 0 Å². The molecule has 0 saturated carbocycles. The molecule has 0 N–H and O–H groups in total. The normalized spacial score (nSPS) is 23.6. The third kappa shape index (κ3) is 2.67. The number of rotatable bonds is 4. The summed E-state index contributed by atoms with van der Waals surface area (Å²) in [5, 5.41) is 0. The minimum Gasteiger partial charge on any atom is -0.102 e. The second-order valence-corrected chi connectivity index (χ2v) is 8.01. The zero-order valence-corrected chi connectivity index (χ0v) is 15.8. The molecule has 0 fully saturated rings. The fourth-order valence-electron chi connectivity index (χ4n) is 5.42. The molecule has 0 heterocycles. The third-order valence-corrected chi connectivity index (χ3v) is 6.59. The van der Waals surface area contributed by atoms with Crippen molar-refractivity contribution < 1.29 is 0 Å². The van der Waals surface area contributed by atoms with Gasteiger partial charge >= 0.3 is 0 Å². The van der Waals surface area contributed by atoms with E-state index in [9.17, 15) is 0 Å². The van der Waals surface area contributed by atoms with Gasteiger partial charge in [-0.1, -0.05) is 84.5 Å². The van der Waals surface area contributed by atoms with Crippen LogP contribution in [0.3, 0.4) is 0 Å². The molecule has 0 nitrogen and oxygen atoms in total. The van der Waals surface area contributed by atoms with Crippen molar-refractivity contribution in [3.63, 3.8) is 0 Å². The van der Waals surface area contributed by atoms with Crippen LogP contribution in [0.5, 0.6) is 0 Å². The summed E-state index contributed by atoms with van der Waals surface area (Å²) in [7, 11) is 0. The molecule has 3 atom stereocenters. The largest absolute Gasteiger partial charge is 0.102 e. The molecule has 2 aromatic carbocycles. The van der Waals surface area contributed by atoms with Crippen LogP contribution in [-0.2, 0) is 0 Å². The summed E-state index contributed by atoms with van der Waals surface area (Å²) < 4.78 is 0. The van der Waals surface area contributed by atoms with Crippen LogP contribution in [-0.4, -0.2) is 0 Å². The van der Waals surface area contributed by atoms with Gasteiger partial charge in [0.25, 0.3) is 0 Å². The predicted octanol–water partition coefficient (Wildman–Crippen LogP) is 7.31. The maximum Gasteiger partial charge on any atom is 0.0282 e. The van der Waals surface area contributed by atoms with Gasteiger partial charge in [0.05, 0.1) is 0 Å². The van der Waals surface area contributed by atoms with E-state index in [0.717, 1.165) is 6.42 Å². The van der Waals surface area contributed by atoms with E-state index >= 15 is 0 Å². The van der Waals surface area contributed by atoms with Crippen LogP contribution in [0.25, 0.3) is 11.1 Å². The van der Waals surface area contributed by atoms with Crippen molar-refractivity contribution in [1.82, 2.24) is 0 Å². The maximum atomic E-state index is 4.21. The quantitative estimate of drug-likeness (QED) is 0.507. The van der Waals surface area contributed by atoms with E-state index in [1.54, 1.807) is 5.57 Å². The second kappa shape index (κ2) is 6.85. The number of fused-ring (bicyclic) bond motifs is 3. The lowest BCUT2D eigenvalue weighted by Crippen LogP contribution is -2.18. The van der Waals surface area contributed by atoms with Gasteiger partial charge in [-0.2, -0.15) is 0 Å². The molecule has 0 bridgehead atoms. The molecule has 0 aliphatic heterocycles. The van der Waals surface area contributed by atoms with Gasteiger partial charge in [0, 0.05) is 11.8 Å². The van der Waals surface area contributed by atoms with E-state index in [1.807, 2.05) is 0 Å². The molecule has 0 spiro atoms. The Morgan fingerprint density at radius 3 is 2.63 bits per heavy atom. The molecule has 3 aliphatic rings. The van der Waals surface area contributed by atoms with E-state index in [1.165, 1.54) is 47.1 Å².